The summed E-state index contributed by atoms with van der Waals surface area (Å²) in [7, 11) is 1.92. The summed E-state index contributed by atoms with van der Waals surface area (Å²) in [5.74, 6) is 0.461. The average molecular weight is 371 g/mol. The van der Waals surface area contributed by atoms with E-state index in [1.165, 1.54) is 17.1 Å². The Kier molecular flexibility index (Phi) is 5.01. The maximum Gasteiger partial charge on any atom is 0.271 e. The number of aromatic nitrogens is 3. The summed E-state index contributed by atoms with van der Waals surface area (Å²) in [6, 6.07) is 18.0. The number of carbonyl (C=O) groups is 1. The highest BCUT2D eigenvalue weighted by atomic mass is 16.1. The number of aromatic amines is 1. The quantitative estimate of drug-likeness (QED) is 0.542. The number of benzene rings is 2. The summed E-state index contributed by atoms with van der Waals surface area (Å²) >= 11 is 0. The molecule has 2 heterocycles. The molecule has 28 heavy (non-hydrogen) atoms. The summed E-state index contributed by atoms with van der Waals surface area (Å²) in [6.45, 7) is 0.536. The molecule has 2 N–H and O–H groups in total. The molecular formula is C22H21N5O. The van der Waals surface area contributed by atoms with Crippen LogP contribution in [0.25, 0.3) is 10.9 Å². The van der Waals surface area contributed by atoms with Crippen LogP contribution in [0.3, 0.4) is 0 Å². The van der Waals surface area contributed by atoms with Gasteiger partial charge in [-0.25, -0.2) is 9.97 Å². The zero-order valence-corrected chi connectivity index (χ0v) is 15.6. The molecule has 0 spiro atoms. The molecule has 0 fully saturated rings. The zero-order chi connectivity index (χ0) is 19.3. The van der Waals surface area contributed by atoms with E-state index < -0.39 is 0 Å². The van der Waals surface area contributed by atoms with Gasteiger partial charge in [0.25, 0.3) is 5.91 Å². The van der Waals surface area contributed by atoms with E-state index >= 15 is 0 Å². The first-order valence-electron chi connectivity index (χ1n) is 9.16. The van der Waals surface area contributed by atoms with Crippen molar-refractivity contribution in [2.24, 2.45) is 0 Å². The maximum absolute atomic E-state index is 12.4. The average Bonchev–Trinajstić information content (AvgIpc) is 3.17. The van der Waals surface area contributed by atoms with Crippen molar-refractivity contribution in [3.63, 3.8) is 0 Å². The van der Waals surface area contributed by atoms with Crippen LogP contribution in [-0.2, 0) is 6.42 Å². The Morgan fingerprint density at radius 3 is 2.61 bits per heavy atom. The number of carbonyl (C=O) groups excluding carboxylic acids is 1. The van der Waals surface area contributed by atoms with Crippen molar-refractivity contribution in [2.75, 3.05) is 18.5 Å². The normalized spacial score (nSPS) is 10.8. The van der Waals surface area contributed by atoms with Gasteiger partial charge in [0, 0.05) is 36.4 Å². The van der Waals surface area contributed by atoms with E-state index in [0.717, 1.165) is 17.6 Å². The number of anilines is 2. The zero-order valence-electron chi connectivity index (χ0n) is 15.6. The lowest BCUT2D eigenvalue weighted by atomic mass is 10.1. The number of fused-ring (bicyclic) bond motifs is 1. The molecule has 0 unspecified atom stereocenters. The predicted molar refractivity (Wildman–Crippen MR) is 111 cm³/mol. The van der Waals surface area contributed by atoms with Gasteiger partial charge in [0.05, 0.1) is 12.4 Å². The van der Waals surface area contributed by atoms with Gasteiger partial charge >= 0.3 is 0 Å². The monoisotopic (exact) mass is 371 g/mol. The van der Waals surface area contributed by atoms with Crippen molar-refractivity contribution in [1.29, 1.82) is 0 Å². The van der Waals surface area contributed by atoms with Gasteiger partial charge < -0.3 is 15.2 Å². The third-order valence-electron chi connectivity index (χ3n) is 4.71. The van der Waals surface area contributed by atoms with E-state index in [2.05, 4.69) is 26.3 Å². The van der Waals surface area contributed by atoms with E-state index in [-0.39, 0.29) is 5.91 Å². The highest BCUT2D eigenvalue weighted by Crippen LogP contribution is 2.20. The fourth-order valence-electron chi connectivity index (χ4n) is 3.14. The van der Waals surface area contributed by atoms with E-state index in [4.69, 9.17) is 0 Å². The molecule has 4 rings (SSSR count). The third-order valence-corrected chi connectivity index (χ3v) is 4.71. The summed E-state index contributed by atoms with van der Waals surface area (Å²) in [5, 5.41) is 4.10. The van der Waals surface area contributed by atoms with E-state index in [1.54, 1.807) is 6.20 Å². The van der Waals surface area contributed by atoms with Gasteiger partial charge in [-0.3, -0.25) is 4.79 Å². The molecule has 0 radical (unpaired) electrons. The number of rotatable bonds is 6. The summed E-state index contributed by atoms with van der Waals surface area (Å²) in [4.78, 5) is 26.2. The fraction of sp³-hybridized carbons (Fsp3) is 0.136. The second kappa shape index (κ2) is 7.92. The number of H-pyrrole nitrogens is 1. The Balaban J connectivity index is 1.36. The van der Waals surface area contributed by atoms with Crippen LogP contribution >= 0.6 is 0 Å². The topological polar surface area (TPSA) is 73.9 Å². The molecule has 0 bridgehead atoms. The van der Waals surface area contributed by atoms with Crippen LogP contribution in [0, 0.1) is 0 Å². The Bertz CT molecular complexity index is 1070. The SMILES string of the molecule is CN(c1ccccc1)c1cnc(C(=O)NCCc2c[nH]c3ccccc23)cn1. The molecule has 2 aromatic carbocycles. The standard InChI is InChI=1S/C22H21N5O/c1-27(17-7-3-2-4-8-17)21-15-25-20(14-26-21)22(28)23-12-11-16-13-24-19-10-6-5-9-18(16)19/h2-10,13-15,24H,11-12H2,1H3,(H,23,28). The molecule has 140 valence electrons. The van der Waals surface area contributed by atoms with Crippen molar-refractivity contribution in [2.45, 2.75) is 6.42 Å². The van der Waals surface area contributed by atoms with Crippen molar-refractivity contribution < 1.29 is 4.79 Å². The molecule has 0 atom stereocenters. The first kappa shape index (κ1) is 17.7. The molecular weight excluding hydrogens is 350 g/mol. The maximum atomic E-state index is 12.4. The molecule has 0 saturated heterocycles. The number of hydrogen-bond donors (Lipinski definition) is 2. The number of para-hydroxylation sites is 2. The first-order valence-corrected chi connectivity index (χ1v) is 9.16. The Morgan fingerprint density at radius 2 is 1.82 bits per heavy atom. The van der Waals surface area contributed by atoms with Crippen molar-refractivity contribution in [3.8, 4) is 0 Å². The molecule has 0 aliphatic rings. The minimum absolute atomic E-state index is 0.221. The van der Waals surface area contributed by atoms with E-state index in [9.17, 15) is 4.79 Å². The summed E-state index contributed by atoms with van der Waals surface area (Å²) in [6.07, 6.45) is 5.86. The first-order chi connectivity index (χ1) is 13.7. The second-order valence-corrected chi connectivity index (χ2v) is 6.52. The molecule has 1 amide bonds. The lowest BCUT2D eigenvalue weighted by molar-refractivity contribution is 0.0949. The van der Waals surface area contributed by atoms with Gasteiger partial charge in [0.15, 0.2) is 5.82 Å². The number of nitrogens with one attached hydrogen (secondary N) is 2. The number of nitrogens with zero attached hydrogens (tertiary/aromatic N) is 3. The summed E-state index contributed by atoms with van der Waals surface area (Å²) < 4.78 is 0. The van der Waals surface area contributed by atoms with E-state index in [1.807, 2.05) is 66.7 Å². The molecule has 0 aliphatic heterocycles. The van der Waals surface area contributed by atoms with Crippen molar-refractivity contribution in [1.82, 2.24) is 20.3 Å². The van der Waals surface area contributed by atoms with Crippen LogP contribution in [-0.4, -0.2) is 34.5 Å². The van der Waals surface area contributed by atoms with Crippen LogP contribution in [0.15, 0.2) is 73.2 Å². The lowest BCUT2D eigenvalue weighted by Crippen LogP contribution is -2.26. The Labute approximate surface area is 163 Å². The van der Waals surface area contributed by atoms with E-state index in [0.29, 0.717) is 18.1 Å². The van der Waals surface area contributed by atoms with Gasteiger partial charge in [-0.2, -0.15) is 0 Å². The van der Waals surface area contributed by atoms with Gasteiger partial charge in [0.2, 0.25) is 0 Å². The van der Waals surface area contributed by atoms with Crippen LogP contribution in [0.1, 0.15) is 16.1 Å². The second-order valence-electron chi connectivity index (χ2n) is 6.52. The Morgan fingerprint density at radius 1 is 1.04 bits per heavy atom. The highest BCUT2D eigenvalue weighted by Gasteiger charge is 2.11. The van der Waals surface area contributed by atoms with Gasteiger partial charge in [0.1, 0.15) is 5.69 Å². The largest absolute Gasteiger partial charge is 0.361 e. The summed E-state index contributed by atoms with van der Waals surface area (Å²) in [5.41, 5.74) is 3.60. The minimum Gasteiger partial charge on any atom is -0.361 e. The number of hydrogen-bond acceptors (Lipinski definition) is 4. The minimum atomic E-state index is -0.221. The molecule has 0 aliphatic carbocycles. The lowest BCUT2D eigenvalue weighted by Gasteiger charge is -2.17. The smallest absolute Gasteiger partial charge is 0.271 e. The number of amides is 1. The molecule has 2 aromatic heterocycles. The third kappa shape index (κ3) is 3.71. The van der Waals surface area contributed by atoms with Gasteiger partial charge in [-0.1, -0.05) is 36.4 Å². The van der Waals surface area contributed by atoms with Crippen LogP contribution < -0.4 is 10.2 Å². The molecule has 0 saturated carbocycles. The van der Waals surface area contributed by atoms with Crippen molar-refractivity contribution >= 4 is 28.3 Å². The van der Waals surface area contributed by atoms with Crippen LogP contribution in [0.2, 0.25) is 0 Å². The van der Waals surface area contributed by atoms with Gasteiger partial charge in [-0.05, 0) is 30.2 Å². The Hall–Kier alpha value is -3.67. The highest BCUT2D eigenvalue weighted by molar-refractivity contribution is 5.92. The van der Waals surface area contributed by atoms with Crippen LogP contribution in [0.5, 0.6) is 0 Å². The molecule has 6 nitrogen and oxygen atoms in total. The predicted octanol–water partition coefficient (Wildman–Crippen LogP) is 3.70. The fourth-order valence-corrected chi connectivity index (χ4v) is 3.14. The van der Waals surface area contributed by atoms with Crippen LogP contribution in [0.4, 0.5) is 11.5 Å². The molecule has 4 aromatic rings. The van der Waals surface area contributed by atoms with Crippen molar-refractivity contribution in [3.05, 3.63) is 84.4 Å². The molecule has 6 heteroatoms. The van der Waals surface area contributed by atoms with Gasteiger partial charge in [-0.15, -0.1) is 0 Å².